The van der Waals surface area contributed by atoms with Crippen molar-refractivity contribution in [3.63, 3.8) is 0 Å². The molecule has 4 nitrogen and oxygen atoms in total. The van der Waals surface area contributed by atoms with Gasteiger partial charge in [0.1, 0.15) is 11.3 Å². The van der Waals surface area contributed by atoms with E-state index in [1.165, 1.54) is 0 Å². The van der Waals surface area contributed by atoms with Crippen molar-refractivity contribution in [3.05, 3.63) is 29.8 Å². The first kappa shape index (κ1) is 10.5. The molecule has 1 aromatic carbocycles. The molecule has 2 N–H and O–H groups in total. The summed E-state index contributed by atoms with van der Waals surface area (Å²) in [5, 5.41) is 14.5. The van der Waals surface area contributed by atoms with Crippen molar-refractivity contribution in [2.24, 2.45) is 0 Å². The van der Waals surface area contributed by atoms with Crippen LogP contribution in [0.25, 0.3) is 0 Å². The summed E-state index contributed by atoms with van der Waals surface area (Å²) < 4.78 is 0. The van der Waals surface area contributed by atoms with Crippen LogP contribution in [-0.4, -0.2) is 23.2 Å². The molecule has 4 rings (SSSR count). The van der Waals surface area contributed by atoms with Gasteiger partial charge >= 0.3 is 0 Å². The molecule has 3 aliphatic heterocycles. The summed E-state index contributed by atoms with van der Waals surface area (Å²) in [6, 6.07) is 7.76. The minimum Gasteiger partial charge on any atom is -0.381 e. The van der Waals surface area contributed by atoms with Crippen molar-refractivity contribution in [1.82, 2.24) is 5.32 Å². The third-order valence-electron chi connectivity index (χ3n) is 4.74. The molecule has 0 unspecified atom stereocenters. The summed E-state index contributed by atoms with van der Waals surface area (Å²) in [4.78, 5) is 14.1. The van der Waals surface area contributed by atoms with Gasteiger partial charge < -0.3 is 5.11 Å². The zero-order valence-corrected chi connectivity index (χ0v) is 10.1. The fraction of sp³-hybridized carbons (Fsp3) is 0.500. The van der Waals surface area contributed by atoms with Crippen LogP contribution in [0.1, 0.15) is 31.2 Å². The van der Waals surface area contributed by atoms with Crippen LogP contribution in [-0.2, 0) is 10.4 Å². The molecule has 94 valence electrons. The summed E-state index contributed by atoms with van der Waals surface area (Å²) in [7, 11) is 0. The number of hydrogen-bond acceptors (Lipinski definition) is 3. The molecule has 0 radical (unpaired) electrons. The summed E-state index contributed by atoms with van der Waals surface area (Å²) in [6.45, 7) is 0.759. The molecule has 1 aromatic rings. The van der Waals surface area contributed by atoms with Crippen molar-refractivity contribution in [2.45, 2.75) is 36.9 Å². The van der Waals surface area contributed by atoms with Crippen LogP contribution >= 0.6 is 0 Å². The normalized spacial score (nSPS) is 37.4. The minimum atomic E-state index is -0.917. The molecular formula is C14H16N2O2. The summed E-state index contributed by atoms with van der Waals surface area (Å²) in [5.74, 6) is 0.124. The van der Waals surface area contributed by atoms with E-state index >= 15 is 0 Å². The monoisotopic (exact) mass is 244 g/mol. The molecular weight excluding hydrogens is 228 g/mol. The molecule has 3 heterocycles. The number of nitrogens with one attached hydrogen (secondary N) is 1. The number of carbonyl (C=O) groups is 1. The molecule has 2 fully saturated rings. The highest BCUT2D eigenvalue weighted by atomic mass is 16.3. The summed E-state index contributed by atoms with van der Waals surface area (Å²) in [6.07, 6.45) is 2.92. The van der Waals surface area contributed by atoms with Gasteiger partial charge in [0, 0.05) is 18.5 Å². The second-order valence-electron chi connectivity index (χ2n) is 5.50. The third-order valence-corrected chi connectivity index (χ3v) is 4.74. The summed E-state index contributed by atoms with van der Waals surface area (Å²) >= 11 is 0. The average Bonchev–Trinajstić information content (AvgIpc) is 2.78. The molecule has 1 spiro atoms. The first-order valence-corrected chi connectivity index (χ1v) is 6.59. The zero-order valence-electron chi connectivity index (χ0n) is 10.1. The molecule has 18 heavy (non-hydrogen) atoms. The highest BCUT2D eigenvalue weighted by Gasteiger charge is 2.66. The van der Waals surface area contributed by atoms with E-state index in [0.717, 1.165) is 30.6 Å². The number of carbonyl (C=O) groups excluding carboxylic acids is 1. The quantitative estimate of drug-likeness (QED) is 0.718. The van der Waals surface area contributed by atoms with Gasteiger partial charge in [0.05, 0.1) is 5.69 Å². The molecule has 2 atom stereocenters. The van der Waals surface area contributed by atoms with E-state index in [-0.39, 0.29) is 5.91 Å². The fourth-order valence-electron chi connectivity index (χ4n) is 4.01. The molecule has 3 aliphatic rings. The highest BCUT2D eigenvalue weighted by molar-refractivity contribution is 5.99. The number of anilines is 1. The Bertz CT molecular complexity index is 544. The maximum atomic E-state index is 12.3. The van der Waals surface area contributed by atoms with Crippen molar-refractivity contribution < 1.29 is 9.90 Å². The Morgan fingerprint density at radius 2 is 2.11 bits per heavy atom. The lowest BCUT2D eigenvalue weighted by molar-refractivity contribution is -0.125. The SMILES string of the molecule is O=C1CCC[C@@]23NCC[C@]2(O)c2ccccc2N13. The first-order valence-electron chi connectivity index (χ1n) is 6.59. The highest BCUT2D eigenvalue weighted by Crippen LogP contribution is 2.56. The van der Waals surface area contributed by atoms with Crippen LogP contribution < -0.4 is 10.2 Å². The van der Waals surface area contributed by atoms with Gasteiger partial charge in [-0.3, -0.25) is 15.0 Å². The number of benzene rings is 1. The molecule has 0 saturated carbocycles. The maximum absolute atomic E-state index is 12.3. The first-order chi connectivity index (χ1) is 8.69. The van der Waals surface area contributed by atoms with Crippen LogP contribution in [0.15, 0.2) is 24.3 Å². The van der Waals surface area contributed by atoms with E-state index < -0.39 is 11.3 Å². The fourth-order valence-corrected chi connectivity index (χ4v) is 4.01. The summed E-state index contributed by atoms with van der Waals surface area (Å²) in [5.41, 5.74) is 0.285. The Hall–Kier alpha value is -1.39. The van der Waals surface area contributed by atoms with Crippen molar-refractivity contribution in [1.29, 1.82) is 0 Å². The van der Waals surface area contributed by atoms with E-state index in [0.29, 0.717) is 12.8 Å². The molecule has 0 aliphatic carbocycles. The Morgan fingerprint density at radius 1 is 1.28 bits per heavy atom. The van der Waals surface area contributed by atoms with Crippen molar-refractivity contribution in [2.75, 3.05) is 11.4 Å². The Balaban J connectivity index is 2.02. The second-order valence-corrected chi connectivity index (χ2v) is 5.50. The van der Waals surface area contributed by atoms with Gasteiger partial charge in [0.25, 0.3) is 0 Å². The van der Waals surface area contributed by atoms with Gasteiger partial charge in [-0.1, -0.05) is 18.2 Å². The standard InChI is InChI=1S/C14H16N2O2/c17-12-6-3-7-14-13(18,8-9-15-14)10-4-1-2-5-11(10)16(12)14/h1-2,4-5,15,18H,3,6-9H2/t13-,14-/m0/s1. The van der Waals surface area contributed by atoms with Crippen LogP contribution in [0.2, 0.25) is 0 Å². The smallest absolute Gasteiger partial charge is 0.228 e. The number of amides is 1. The van der Waals surface area contributed by atoms with Crippen LogP contribution in [0.3, 0.4) is 0 Å². The van der Waals surface area contributed by atoms with E-state index in [9.17, 15) is 9.90 Å². The molecule has 0 bridgehead atoms. The topological polar surface area (TPSA) is 52.6 Å². The lowest BCUT2D eigenvalue weighted by Gasteiger charge is -2.45. The third kappa shape index (κ3) is 0.942. The lowest BCUT2D eigenvalue weighted by atomic mass is 9.80. The minimum absolute atomic E-state index is 0.124. The number of piperidine rings is 1. The van der Waals surface area contributed by atoms with Gasteiger partial charge in [0.15, 0.2) is 0 Å². The molecule has 0 aromatic heterocycles. The van der Waals surface area contributed by atoms with Gasteiger partial charge in [-0.05, 0) is 25.3 Å². The number of nitrogens with zero attached hydrogens (tertiary/aromatic N) is 1. The predicted molar refractivity (Wildman–Crippen MR) is 67.0 cm³/mol. The lowest BCUT2D eigenvalue weighted by Crippen LogP contribution is -2.65. The van der Waals surface area contributed by atoms with Gasteiger partial charge in [0.2, 0.25) is 5.91 Å². The molecule has 4 heteroatoms. The van der Waals surface area contributed by atoms with Crippen LogP contribution in [0, 0.1) is 0 Å². The van der Waals surface area contributed by atoms with E-state index in [4.69, 9.17) is 0 Å². The average molecular weight is 244 g/mol. The number of aliphatic hydroxyl groups is 1. The van der Waals surface area contributed by atoms with Crippen LogP contribution in [0.5, 0.6) is 0 Å². The molecule has 2 saturated heterocycles. The van der Waals surface area contributed by atoms with Crippen molar-refractivity contribution >= 4 is 11.6 Å². The Labute approximate surface area is 106 Å². The number of rotatable bonds is 0. The van der Waals surface area contributed by atoms with Gasteiger partial charge in [-0.15, -0.1) is 0 Å². The predicted octanol–water partition coefficient (Wildman–Crippen LogP) is 1.09. The Kier molecular flexibility index (Phi) is 1.83. The van der Waals surface area contributed by atoms with Crippen LogP contribution in [0.4, 0.5) is 5.69 Å². The largest absolute Gasteiger partial charge is 0.381 e. The number of para-hydroxylation sites is 1. The van der Waals surface area contributed by atoms with E-state index in [1.54, 1.807) is 0 Å². The van der Waals surface area contributed by atoms with Crippen molar-refractivity contribution in [3.8, 4) is 0 Å². The number of hydrogen-bond donors (Lipinski definition) is 2. The van der Waals surface area contributed by atoms with Gasteiger partial charge in [-0.25, -0.2) is 0 Å². The van der Waals surface area contributed by atoms with Gasteiger partial charge in [-0.2, -0.15) is 0 Å². The molecule has 1 amide bonds. The number of fused-ring (bicyclic) bond motifs is 3. The Morgan fingerprint density at radius 3 is 3.00 bits per heavy atom. The van der Waals surface area contributed by atoms with E-state index in [2.05, 4.69) is 5.32 Å². The second kappa shape index (κ2) is 3.13. The van der Waals surface area contributed by atoms with E-state index in [1.807, 2.05) is 29.2 Å². The zero-order chi connectivity index (χ0) is 12.4. The maximum Gasteiger partial charge on any atom is 0.228 e.